The summed E-state index contributed by atoms with van der Waals surface area (Å²) in [5, 5.41) is 62.9. The van der Waals surface area contributed by atoms with Crippen LogP contribution in [0.1, 0.15) is 5.56 Å². The number of carbonyl (C=O) groups is 2. The lowest BCUT2D eigenvalue weighted by Crippen LogP contribution is -2.66. The number of hydrogen-bond acceptors (Lipinski definition) is 14. The van der Waals surface area contributed by atoms with Gasteiger partial charge in [-0.15, -0.1) is 5.10 Å². The van der Waals surface area contributed by atoms with E-state index in [9.17, 15) is 35.1 Å². The monoisotopic (exact) mass is 631 g/mol. The quantitative estimate of drug-likeness (QED) is 0.141. The van der Waals surface area contributed by atoms with Gasteiger partial charge in [-0.3, -0.25) is 9.78 Å². The van der Waals surface area contributed by atoms with Crippen molar-refractivity contribution in [3.05, 3.63) is 60.4 Å². The number of rotatable bonds is 10. The van der Waals surface area contributed by atoms with Crippen LogP contribution in [0, 0.1) is 0 Å². The summed E-state index contributed by atoms with van der Waals surface area (Å²) in [6.07, 6.45) is -13.6. The van der Waals surface area contributed by atoms with Crippen LogP contribution < -0.4 is 5.32 Å². The number of carbonyl (C=O) groups excluding carboxylic acids is 1. The average Bonchev–Trinajstić information content (AvgIpc) is 3.55. The number of aliphatic carboxylic acids is 1. The zero-order chi connectivity index (χ0) is 32.2. The van der Waals surface area contributed by atoms with Crippen LogP contribution in [0.2, 0.25) is 0 Å². The third-order valence-electron chi connectivity index (χ3n) is 7.45. The minimum absolute atomic E-state index is 0.00972. The van der Waals surface area contributed by atoms with Gasteiger partial charge < -0.3 is 54.5 Å². The highest BCUT2D eigenvalue weighted by molar-refractivity contribution is 5.81. The van der Waals surface area contributed by atoms with E-state index in [1.165, 1.54) is 7.11 Å². The Morgan fingerprint density at radius 1 is 0.889 bits per heavy atom. The Balaban J connectivity index is 1.27. The standard InChI is InChI=1S/C28H33N5O12/c1-41-21-17(34)20(37)28(43-22-18(35)19(36)27(42-2)45-24(22)26(39)40)44-23(21)25(38)30-11-13-6-5-7-14(10-13)33-12-16(31-32-33)15-8-3-4-9-29-15/h3-10,12,17-24,27-28,34-37H,11H2,1-2H3,(H,30,38)(H,39,40). The van der Waals surface area contributed by atoms with Crippen molar-refractivity contribution in [1.29, 1.82) is 0 Å². The van der Waals surface area contributed by atoms with Gasteiger partial charge in [0, 0.05) is 27.0 Å². The molecule has 2 aliphatic heterocycles. The van der Waals surface area contributed by atoms with E-state index in [0.717, 1.165) is 7.11 Å². The van der Waals surface area contributed by atoms with E-state index < -0.39 is 73.3 Å². The first-order chi connectivity index (χ1) is 21.6. The molecule has 0 aliphatic carbocycles. The fourth-order valence-electron chi connectivity index (χ4n) is 5.08. The molecule has 1 aromatic carbocycles. The number of aliphatic hydroxyl groups is 4. The predicted octanol–water partition coefficient (Wildman–Crippen LogP) is -2.03. The maximum atomic E-state index is 13.3. The highest BCUT2D eigenvalue weighted by Crippen LogP contribution is 2.30. The Bertz CT molecular complexity index is 1460. The molecule has 10 atom stereocenters. The number of nitrogens with zero attached hydrogens (tertiary/aromatic N) is 4. The molecular formula is C28H33N5O12. The van der Waals surface area contributed by atoms with Gasteiger partial charge in [-0.1, -0.05) is 23.4 Å². The molecule has 5 rings (SSSR count). The zero-order valence-electron chi connectivity index (χ0n) is 24.1. The summed E-state index contributed by atoms with van der Waals surface area (Å²) >= 11 is 0. The number of pyridine rings is 1. The molecule has 4 heterocycles. The van der Waals surface area contributed by atoms with Gasteiger partial charge in [0.15, 0.2) is 24.8 Å². The number of methoxy groups -OCH3 is 2. The van der Waals surface area contributed by atoms with E-state index in [-0.39, 0.29) is 6.54 Å². The fourth-order valence-corrected chi connectivity index (χ4v) is 5.08. The van der Waals surface area contributed by atoms with E-state index in [0.29, 0.717) is 22.6 Å². The number of benzene rings is 1. The largest absolute Gasteiger partial charge is 0.479 e. The third-order valence-corrected chi connectivity index (χ3v) is 7.45. The van der Waals surface area contributed by atoms with E-state index in [2.05, 4.69) is 20.6 Å². The Labute approximate surface area is 255 Å². The molecule has 0 spiro atoms. The molecule has 0 saturated carbocycles. The second-order valence-electron chi connectivity index (χ2n) is 10.3. The highest BCUT2D eigenvalue weighted by Gasteiger charge is 2.54. The van der Waals surface area contributed by atoms with Crippen LogP contribution in [0.4, 0.5) is 0 Å². The molecule has 0 bridgehead atoms. The minimum atomic E-state index is -1.86. The molecule has 17 nitrogen and oxygen atoms in total. The fraction of sp³-hybridized carbons (Fsp3) is 0.464. The Morgan fingerprint density at radius 3 is 2.31 bits per heavy atom. The lowest BCUT2D eigenvalue weighted by Gasteiger charge is -2.45. The van der Waals surface area contributed by atoms with Gasteiger partial charge in [-0.2, -0.15) is 0 Å². The average molecular weight is 632 g/mol. The third kappa shape index (κ3) is 6.86. The molecule has 6 N–H and O–H groups in total. The van der Waals surface area contributed by atoms with Crippen molar-refractivity contribution in [1.82, 2.24) is 25.3 Å². The molecule has 242 valence electrons. The molecule has 17 heteroatoms. The molecule has 2 aliphatic rings. The second kappa shape index (κ2) is 14.0. The number of carboxylic acid groups (broad SMARTS) is 1. The number of hydrogen-bond donors (Lipinski definition) is 6. The summed E-state index contributed by atoms with van der Waals surface area (Å²) in [5.41, 5.74) is 2.55. The number of aliphatic hydroxyl groups excluding tert-OH is 4. The Morgan fingerprint density at radius 2 is 1.62 bits per heavy atom. The molecule has 0 radical (unpaired) electrons. The number of aromatic nitrogens is 4. The van der Waals surface area contributed by atoms with Gasteiger partial charge in [0.1, 0.15) is 42.3 Å². The van der Waals surface area contributed by atoms with Gasteiger partial charge in [0.05, 0.1) is 17.6 Å². The lowest BCUT2D eigenvalue weighted by atomic mass is 9.96. The van der Waals surface area contributed by atoms with Crippen LogP contribution in [0.15, 0.2) is 54.9 Å². The van der Waals surface area contributed by atoms with Gasteiger partial charge in [-0.05, 0) is 29.8 Å². The maximum absolute atomic E-state index is 13.3. The smallest absolute Gasteiger partial charge is 0.335 e. The first kappa shape index (κ1) is 32.5. The lowest BCUT2D eigenvalue weighted by molar-refractivity contribution is -0.348. The van der Waals surface area contributed by atoms with Gasteiger partial charge in [0.25, 0.3) is 5.91 Å². The Kier molecular flexibility index (Phi) is 10.1. The molecule has 10 unspecified atom stereocenters. The summed E-state index contributed by atoms with van der Waals surface area (Å²) in [7, 11) is 2.34. The summed E-state index contributed by atoms with van der Waals surface area (Å²) < 4.78 is 28.1. The first-order valence-electron chi connectivity index (χ1n) is 13.8. The molecule has 45 heavy (non-hydrogen) atoms. The minimum Gasteiger partial charge on any atom is -0.479 e. The molecule has 2 saturated heterocycles. The van der Waals surface area contributed by atoms with Gasteiger partial charge in [0.2, 0.25) is 0 Å². The second-order valence-corrected chi connectivity index (χ2v) is 10.3. The number of ether oxygens (including phenoxy) is 5. The number of carboxylic acids is 1. The molecule has 2 aromatic heterocycles. The van der Waals surface area contributed by atoms with Crippen molar-refractivity contribution < 1.29 is 58.8 Å². The molecule has 3 aromatic rings. The van der Waals surface area contributed by atoms with Gasteiger partial charge in [-0.25, -0.2) is 9.48 Å². The van der Waals surface area contributed by atoms with Crippen molar-refractivity contribution in [2.45, 2.75) is 68.0 Å². The topological polar surface area (TPSA) is 237 Å². The predicted molar refractivity (Wildman–Crippen MR) is 148 cm³/mol. The molecule has 2 fully saturated rings. The van der Waals surface area contributed by atoms with Crippen molar-refractivity contribution in [2.24, 2.45) is 0 Å². The summed E-state index contributed by atoms with van der Waals surface area (Å²) in [5.74, 6) is -2.32. The van der Waals surface area contributed by atoms with Crippen molar-refractivity contribution in [2.75, 3.05) is 14.2 Å². The first-order valence-corrected chi connectivity index (χ1v) is 13.8. The van der Waals surface area contributed by atoms with E-state index >= 15 is 0 Å². The van der Waals surface area contributed by atoms with Crippen molar-refractivity contribution in [3.63, 3.8) is 0 Å². The molecule has 1 amide bonds. The summed E-state index contributed by atoms with van der Waals surface area (Å²) in [6.45, 7) is 0.00972. The van der Waals surface area contributed by atoms with Crippen molar-refractivity contribution in [3.8, 4) is 17.1 Å². The van der Waals surface area contributed by atoms with Crippen molar-refractivity contribution >= 4 is 11.9 Å². The van der Waals surface area contributed by atoms with Crippen LogP contribution in [0.3, 0.4) is 0 Å². The highest BCUT2D eigenvalue weighted by atomic mass is 16.7. The van der Waals surface area contributed by atoms with Crippen LogP contribution >= 0.6 is 0 Å². The SMILES string of the molecule is COC1OC(C(=O)O)C(OC2OC(C(=O)NCc3cccc(-n4cc(-c5ccccn5)nn4)c3)C(OC)C(O)C2O)C(O)C1O. The summed E-state index contributed by atoms with van der Waals surface area (Å²) in [4.78, 5) is 29.4. The van der Waals surface area contributed by atoms with E-state index in [1.54, 1.807) is 47.4 Å². The number of nitrogens with one attached hydrogen (secondary N) is 1. The maximum Gasteiger partial charge on any atom is 0.335 e. The van der Waals surface area contributed by atoms with Gasteiger partial charge >= 0.3 is 5.97 Å². The van der Waals surface area contributed by atoms with Crippen LogP contribution in [-0.2, 0) is 39.8 Å². The zero-order valence-corrected chi connectivity index (χ0v) is 24.1. The van der Waals surface area contributed by atoms with E-state index in [1.807, 2.05) is 12.1 Å². The van der Waals surface area contributed by atoms with E-state index in [4.69, 9.17) is 23.7 Å². The normalized spacial score (nSPS) is 31.8. The molecular weight excluding hydrogens is 598 g/mol. The van der Waals surface area contributed by atoms with Crippen LogP contribution in [-0.4, -0.2) is 133 Å². The number of amides is 1. The summed E-state index contributed by atoms with van der Waals surface area (Å²) in [6, 6.07) is 12.5. The van der Waals surface area contributed by atoms with Crippen LogP contribution in [0.5, 0.6) is 0 Å². The van der Waals surface area contributed by atoms with Crippen LogP contribution in [0.25, 0.3) is 17.1 Å². The Hall–Kier alpha value is -3.91.